The number of aryl methyl sites for hydroxylation is 1. The lowest BCUT2D eigenvalue weighted by Crippen LogP contribution is -2.48. The number of furan rings is 1. The number of rotatable bonds is 5. The minimum atomic E-state index is -0.00848. The lowest BCUT2D eigenvalue weighted by atomic mass is 10.1. The average molecular weight is 384 g/mol. The summed E-state index contributed by atoms with van der Waals surface area (Å²) < 4.78 is 16.2. The number of aromatic nitrogens is 2. The van der Waals surface area contributed by atoms with Crippen LogP contribution in [-0.4, -0.2) is 58.3 Å². The van der Waals surface area contributed by atoms with Crippen LogP contribution < -0.4 is 4.74 Å². The fourth-order valence-corrected chi connectivity index (χ4v) is 3.41. The van der Waals surface area contributed by atoms with E-state index in [1.165, 1.54) is 0 Å². The third-order valence-corrected chi connectivity index (χ3v) is 4.92. The van der Waals surface area contributed by atoms with Crippen LogP contribution in [0.5, 0.6) is 5.75 Å². The predicted octanol–water partition coefficient (Wildman–Crippen LogP) is 2.87. The van der Waals surface area contributed by atoms with E-state index in [0.29, 0.717) is 36.5 Å². The molecule has 4 rings (SSSR count). The van der Waals surface area contributed by atoms with E-state index in [1.807, 2.05) is 37.8 Å². The Hall–Kier alpha value is -2.87. The number of piperazine rings is 1. The highest BCUT2D eigenvalue weighted by Crippen LogP contribution is 2.30. The molecule has 0 bridgehead atoms. The molecule has 0 unspecified atom stereocenters. The van der Waals surface area contributed by atoms with Crippen molar-refractivity contribution in [3.05, 3.63) is 41.4 Å². The number of carbonyl (C=O) groups is 1. The molecule has 1 aliphatic heterocycles. The Labute approximate surface area is 163 Å². The molecule has 3 aromatic rings. The predicted molar refractivity (Wildman–Crippen MR) is 102 cm³/mol. The van der Waals surface area contributed by atoms with E-state index >= 15 is 0 Å². The maximum atomic E-state index is 13.1. The van der Waals surface area contributed by atoms with Crippen molar-refractivity contribution in [1.82, 2.24) is 20.1 Å². The smallest absolute Gasteiger partial charge is 0.254 e. The van der Waals surface area contributed by atoms with Gasteiger partial charge in [-0.2, -0.15) is 0 Å². The van der Waals surface area contributed by atoms with E-state index in [1.54, 1.807) is 12.3 Å². The fourth-order valence-electron chi connectivity index (χ4n) is 3.41. The van der Waals surface area contributed by atoms with Crippen LogP contribution in [0, 0.1) is 6.92 Å². The molecule has 0 aliphatic carbocycles. The first-order chi connectivity index (χ1) is 13.5. The van der Waals surface area contributed by atoms with Crippen LogP contribution in [0.1, 0.15) is 35.6 Å². The first-order valence-corrected chi connectivity index (χ1v) is 9.49. The molecule has 0 atom stereocenters. The van der Waals surface area contributed by atoms with E-state index in [2.05, 4.69) is 15.2 Å². The van der Waals surface area contributed by atoms with Crippen molar-refractivity contribution in [1.29, 1.82) is 0 Å². The molecule has 1 aliphatic rings. The molecule has 8 nitrogen and oxygen atoms in total. The number of amides is 1. The van der Waals surface area contributed by atoms with Crippen molar-refractivity contribution >= 4 is 16.9 Å². The van der Waals surface area contributed by atoms with Gasteiger partial charge >= 0.3 is 0 Å². The molecule has 0 radical (unpaired) electrons. The number of ether oxygens (including phenoxy) is 1. The maximum absolute atomic E-state index is 13.1. The topological polar surface area (TPSA) is 84.8 Å². The quantitative estimate of drug-likeness (QED) is 0.669. The van der Waals surface area contributed by atoms with Gasteiger partial charge in [-0.3, -0.25) is 9.69 Å². The molecule has 148 valence electrons. The van der Waals surface area contributed by atoms with E-state index in [9.17, 15) is 4.79 Å². The summed E-state index contributed by atoms with van der Waals surface area (Å²) in [7, 11) is 0. The van der Waals surface area contributed by atoms with Gasteiger partial charge in [0.25, 0.3) is 5.91 Å². The highest BCUT2D eigenvalue weighted by atomic mass is 16.6. The van der Waals surface area contributed by atoms with Crippen molar-refractivity contribution in [2.24, 2.45) is 0 Å². The number of hydrogen-bond donors (Lipinski definition) is 0. The Bertz CT molecular complexity index is 970. The summed E-state index contributed by atoms with van der Waals surface area (Å²) in [6.07, 6.45) is 1.63. The lowest BCUT2D eigenvalue weighted by molar-refractivity contribution is 0.0624. The first-order valence-electron chi connectivity index (χ1n) is 9.49. The van der Waals surface area contributed by atoms with Gasteiger partial charge in [0.15, 0.2) is 0 Å². The largest absolute Gasteiger partial charge is 0.490 e. The highest BCUT2D eigenvalue weighted by molar-refractivity contribution is 5.99. The summed E-state index contributed by atoms with van der Waals surface area (Å²) in [5.41, 5.74) is 2.90. The Morgan fingerprint density at radius 1 is 1.21 bits per heavy atom. The molecule has 0 spiro atoms. The van der Waals surface area contributed by atoms with Crippen LogP contribution in [0.4, 0.5) is 0 Å². The van der Waals surface area contributed by atoms with Crippen LogP contribution in [-0.2, 0) is 6.54 Å². The summed E-state index contributed by atoms with van der Waals surface area (Å²) in [4.78, 5) is 17.2. The molecule has 28 heavy (non-hydrogen) atoms. The molecular formula is C20H24N4O4. The van der Waals surface area contributed by atoms with Gasteiger partial charge in [0.2, 0.25) is 0 Å². The zero-order chi connectivity index (χ0) is 19.7. The zero-order valence-corrected chi connectivity index (χ0v) is 16.3. The third kappa shape index (κ3) is 3.73. The molecule has 0 saturated carbocycles. The summed E-state index contributed by atoms with van der Waals surface area (Å²) in [5.74, 6) is 0.670. The lowest BCUT2D eigenvalue weighted by Gasteiger charge is -2.34. The van der Waals surface area contributed by atoms with Gasteiger partial charge in [-0.1, -0.05) is 10.3 Å². The van der Waals surface area contributed by atoms with E-state index in [-0.39, 0.29) is 12.0 Å². The summed E-state index contributed by atoms with van der Waals surface area (Å²) in [6.45, 7) is 9.35. The minimum Gasteiger partial charge on any atom is -0.490 e. The second-order valence-electron chi connectivity index (χ2n) is 7.34. The molecule has 1 fully saturated rings. The van der Waals surface area contributed by atoms with Crippen LogP contribution in [0.3, 0.4) is 0 Å². The molecule has 1 amide bonds. The number of benzene rings is 1. The van der Waals surface area contributed by atoms with Crippen molar-refractivity contribution in [3.63, 3.8) is 0 Å². The standard InChI is InChI=1S/C20H24N4O4/c1-13(2)27-19-11-15(10-18-16(19)4-9-26-18)20(25)24-7-5-23(6-8-24)12-17-14(3)21-28-22-17/h4,9-11,13H,5-8,12H2,1-3H3. The highest BCUT2D eigenvalue weighted by Gasteiger charge is 2.24. The van der Waals surface area contributed by atoms with E-state index in [4.69, 9.17) is 13.8 Å². The number of fused-ring (bicyclic) bond motifs is 1. The van der Waals surface area contributed by atoms with Crippen molar-refractivity contribution in [3.8, 4) is 5.75 Å². The van der Waals surface area contributed by atoms with E-state index < -0.39 is 0 Å². The molecular weight excluding hydrogens is 360 g/mol. The molecule has 1 saturated heterocycles. The van der Waals surface area contributed by atoms with Gasteiger partial charge in [-0.25, -0.2) is 4.63 Å². The Kier molecular flexibility index (Phi) is 5.04. The van der Waals surface area contributed by atoms with Crippen molar-refractivity contribution < 1.29 is 18.6 Å². The monoisotopic (exact) mass is 384 g/mol. The van der Waals surface area contributed by atoms with Gasteiger partial charge in [0.1, 0.15) is 22.7 Å². The molecule has 0 N–H and O–H groups in total. The third-order valence-electron chi connectivity index (χ3n) is 4.92. The molecule has 8 heteroatoms. The number of nitrogens with zero attached hydrogens (tertiary/aromatic N) is 4. The fraction of sp³-hybridized carbons (Fsp3) is 0.450. The normalized spacial score (nSPS) is 15.5. The number of hydrogen-bond acceptors (Lipinski definition) is 7. The van der Waals surface area contributed by atoms with Crippen LogP contribution in [0.25, 0.3) is 11.0 Å². The number of carbonyl (C=O) groups excluding carboxylic acids is 1. The minimum absolute atomic E-state index is 0.00848. The van der Waals surface area contributed by atoms with Gasteiger partial charge < -0.3 is 14.1 Å². The maximum Gasteiger partial charge on any atom is 0.254 e. The van der Waals surface area contributed by atoms with Gasteiger partial charge in [0, 0.05) is 38.3 Å². The van der Waals surface area contributed by atoms with Gasteiger partial charge in [0.05, 0.1) is 17.8 Å². The molecule has 1 aromatic carbocycles. The summed E-state index contributed by atoms with van der Waals surface area (Å²) >= 11 is 0. The molecule has 3 heterocycles. The van der Waals surface area contributed by atoms with Gasteiger partial charge in [-0.15, -0.1) is 0 Å². The average Bonchev–Trinajstić information content (AvgIpc) is 3.30. The van der Waals surface area contributed by atoms with Crippen LogP contribution in [0.15, 0.2) is 33.5 Å². The van der Waals surface area contributed by atoms with Crippen LogP contribution in [0.2, 0.25) is 0 Å². The van der Waals surface area contributed by atoms with Crippen molar-refractivity contribution in [2.75, 3.05) is 26.2 Å². The van der Waals surface area contributed by atoms with Crippen molar-refractivity contribution in [2.45, 2.75) is 33.4 Å². The molecule has 2 aromatic heterocycles. The Morgan fingerprint density at radius 2 is 2.00 bits per heavy atom. The van der Waals surface area contributed by atoms with E-state index in [0.717, 1.165) is 29.9 Å². The van der Waals surface area contributed by atoms with Gasteiger partial charge in [-0.05, 0) is 39.0 Å². The zero-order valence-electron chi connectivity index (χ0n) is 16.3. The Balaban J connectivity index is 1.46. The van der Waals surface area contributed by atoms with Crippen LogP contribution >= 0.6 is 0 Å². The second-order valence-corrected chi connectivity index (χ2v) is 7.34. The Morgan fingerprint density at radius 3 is 2.68 bits per heavy atom. The summed E-state index contributed by atoms with van der Waals surface area (Å²) in [6, 6.07) is 5.47. The summed E-state index contributed by atoms with van der Waals surface area (Å²) in [5, 5.41) is 8.63. The SMILES string of the molecule is Cc1nonc1CN1CCN(C(=O)c2cc(OC(C)C)c3ccoc3c2)CC1. The second kappa shape index (κ2) is 7.63. The first kappa shape index (κ1) is 18.5.